The summed E-state index contributed by atoms with van der Waals surface area (Å²) >= 11 is 0. The Bertz CT molecular complexity index is 830. The average molecular weight is 306 g/mol. The fourth-order valence-electron chi connectivity index (χ4n) is 2.23. The molecule has 0 fully saturated rings. The van der Waals surface area contributed by atoms with Gasteiger partial charge in [-0.1, -0.05) is 0 Å². The number of sulfonamides is 1. The zero-order chi connectivity index (χ0) is 15.2. The van der Waals surface area contributed by atoms with Gasteiger partial charge in [0.2, 0.25) is 0 Å². The summed E-state index contributed by atoms with van der Waals surface area (Å²) in [4.78, 5) is 10.1. The van der Waals surface area contributed by atoms with Gasteiger partial charge in [-0.3, -0.25) is 14.4 Å². The maximum atomic E-state index is 12.5. The number of benzene rings is 2. The zero-order valence-corrected chi connectivity index (χ0v) is 11.4. The molecule has 1 N–H and O–H groups in total. The topological polar surface area (TPSA) is 101 Å². The van der Waals surface area contributed by atoms with Crippen LogP contribution in [0.25, 0.3) is 0 Å². The highest BCUT2D eigenvalue weighted by atomic mass is 32.2. The van der Waals surface area contributed by atoms with E-state index >= 15 is 0 Å². The van der Waals surface area contributed by atoms with Crippen molar-refractivity contribution in [3.05, 3.63) is 58.1 Å². The van der Waals surface area contributed by atoms with Crippen LogP contribution in [0.3, 0.4) is 0 Å². The Morgan fingerprint density at radius 2 is 1.81 bits per heavy atom. The second-order valence-electron chi connectivity index (χ2n) is 4.58. The molecule has 0 amide bonds. The molecule has 8 heteroatoms. The molecule has 0 radical (unpaired) electrons. The van der Waals surface area contributed by atoms with Crippen molar-refractivity contribution in [2.45, 2.75) is 11.4 Å². The van der Waals surface area contributed by atoms with E-state index in [1.54, 1.807) is 0 Å². The van der Waals surface area contributed by atoms with E-state index in [1.807, 2.05) is 0 Å². The van der Waals surface area contributed by atoms with Gasteiger partial charge >= 0.3 is 0 Å². The summed E-state index contributed by atoms with van der Waals surface area (Å²) in [6, 6.07) is 9.54. The van der Waals surface area contributed by atoms with Crippen molar-refractivity contribution < 1.29 is 18.4 Å². The molecule has 0 saturated heterocycles. The molecule has 0 unspecified atom stereocenters. The standard InChI is InChI=1S/C13H10N2O5S/c16-12-5-3-10(4-6-12)14-8-9-1-2-11(15(17)18)7-13(9)21(14,19)20/h1-7,16H,8H2. The van der Waals surface area contributed by atoms with Gasteiger partial charge in [-0.2, -0.15) is 0 Å². The summed E-state index contributed by atoms with van der Waals surface area (Å²) in [7, 11) is -3.82. The summed E-state index contributed by atoms with van der Waals surface area (Å²) in [6.45, 7) is 0.112. The van der Waals surface area contributed by atoms with Gasteiger partial charge in [-0.25, -0.2) is 8.42 Å². The lowest BCUT2D eigenvalue weighted by molar-refractivity contribution is -0.385. The minimum absolute atomic E-state index is 0.0310. The lowest BCUT2D eigenvalue weighted by Crippen LogP contribution is -2.23. The predicted octanol–water partition coefficient (Wildman–Crippen LogP) is 2.01. The highest BCUT2D eigenvalue weighted by Gasteiger charge is 2.36. The van der Waals surface area contributed by atoms with E-state index < -0.39 is 14.9 Å². The Morgan fingerprint density at radius 3 is 2.43 bits per heavy atom. The van der Waals surface area contributed by atoms with E-state index in [1.165, 1.54) is 36.4 Å². The Balaban J connectivity index is 2.09. The third-order valence-electron chi connectivity index (χ3n) is 3.28. The van der Waals surface area contributed by atoms with Gasteiger partial charge in [0.15, 0.2) is 0 Å². The van der Waals surface area contributed by atoms with E-state index in [2.05, 4.69) is 0 Å². The molecular formula is C13H10N2O5S. The van der Waals surface area contributed by atoms with E-state index in [0.717, 1.165) is 10.4 Å². The molecule has 2 aromatic carbocycles. The minimum atomic E-state index is -3.82. The van der Waals surface area contributed by atoms with Gasteiger partial charge in [0.1, 0.15) is 5.75 Å². The number of nitro groups is 1. The maximum absolute atomic E-state index is 12.5. The van der Waals surface area contributed by atoms with Crippen LogP contribution in [0.4, 0.5) is 11.4 Å². The first-order valence-corrected chi connectivity index (χ1v) is 7.43. The number of aromatic hydroxyl groups is 1. The van der Waals surface area contributed by atoms with Crippen LogP contribution in [-0.2, 0) is 16.6 Å². The highest BCUT2D eigenvalue weighted by Crippen LogP contribution is 2.36. The summed E-state index contributed by atoms with van der Waals surface area (Å²) in [5, 5.41) is 20.0. The Labute approximate surface area is 120 Å². The SMILES string of the molecule is O=[N+]([O-])c1ccc2c(c1)S(=O)(=O)N(c1ccc(O)cc1)C2. The lowest BCUT2D eigenvalue weighted by atomic mass is 10.2. The van der Waals surface area contributed by atoms with Gasteiger partial charge < -0.3 is 5.11 Å². The Kier molecular flexibility index (Phi) is 2.84. The fraction of sp³-hybridized carbons (Fsp3) is 0.0769. The number of rotatable bonds is 2. The summed E-state index contributed by atoms with van der Waals surface area (Å²) in [5.41, 5.74) is 0.644. The van der Waals surface area contributed by atoms with Crippen LogP contribution < -0.4 is 4.31 Å². The summed E-state index contributed by atoms with van der Waals surface area (Å²) < 4.78 is 26.1. The molecule has 1 aliphatic heterocycles. The average Bonchev–Trinajstić information content (AvgIpc) is 2.71. The number of phenolic OH excluding ortho intramolecular Hbond substituents is 1. The van der Waals surface area contributed by atoms with Crippen molar-refractivity contribution >= 4 is 21.4 Å². The van der Waals surface area contributed by atoms with Crippen molar-refractivity contribution in [3.63, 3.8) is 0 Å². The van der Waals surface area contributed by atoms with Crippen molar-refractivity contribution in [3.8, 4) is 5.75 Å². The third-order valence-corrected chi connectivity index (χ3v) is 5.14. The predicted molar refractivity (Wildman–Crippen MR) is 74.6 cm³/mol. The highest BCUT2D eigenvalue weighted by molar-refractivity contribution is 7.93. The largest absolute Gasteiger partial charge is 0.508 e. The molecule has 0 aliphatic carbocycles. The number of hydrogen-bond donors (Lipinski definition) is 1. The van der Waals surface area contributed by atoms with Crippen molar-refractivity contribution in [1.82, 2.24) is 0 Å². The monoisotopic (exact) mass is 306 g/mol. The van der Waals surface area contributed by atoms with Crippen LogP contribution in [0.2, 0.25) is 0 Å². The maximum Gasteiger partial charge on any atom is 0.270 e. The molecule has 0 saturated carbocycles. The summed E-state index contributed by atoms with van der Waals surface area (Å²) in [6.07, 6.45) is 0. The van der Waals surface area contributed by atoms with E-state index in [4.69, 9.17) is 0 Å². The number of non-ortho nitro benzene ring substituents is 1. The van der Waals surface area contributed by atoms with Crippen LogP contribution in [0.1, 0.15) is 5.56 Å². The van der Waals surface area contributed by atoms with Crippen LogP contribution >= 0.6 is 0 Å². The van der Waals surface area contributed by atoms with Crippen molar-refractivity contribution in [1.29, 1.82) is 0 Å². The fourth-order valence-corrected chi connectivity index (χ4v) is 3.91. The quantitative estimate of drug-likeness (QED) is 0.675. The third kappa shape index (κ3) is 2.09. The minimum Gasteiger partial charge on any atom is -0.508 e. The van der Waals surface area contributed by atoms with E-state index in [0.29, 0.717) is 11.3 Å². The number of nitro benzene ring substituents is 1. The first kappa shape index (κ1) is 13.4. The Hall–Kier alpha value is -2.61. The molecule has 7 nitrogen and oxygen atoms in total. The van der Waals surface area contributed by atoms with Gasteiger partial charge in [0.05, 0.1) is 22.1 Å². The number of nitrogens with zero attached hydrogens (tertiary/aromatic N) is 2. The molecular weight excluding hydrogens is 296 g/mol. The van der Waals surface area contributed by atoms with Gasteiger partial charge in [-0.05, 0) is 35.9 Å². The first-order chi connectivity index (χ1) is 9.89. The molecule has 0 spiro atoms. The van der Waals surface area contributed by atoms with Crippen LogP contribution in [0, 0.1) is 10.1 Å². The molecule has 2 aromatic rings. The number of fused-ring (bicyclic) bond motifs is 1. The van der Waals surface area contributed by atoms with Crippen molar-refractivity contribution in [2.24, 2.45) is 0 Å². The van der Waals surface area contributed by atoms with Gasteiger partial charge in [0, 0.05) is 12.1 Å². The zero-order valence-electron chi connectivity index (χ0n) is 10.6. The van der Waals surface area contributed by atoms with Crippen LogP contribution in [-0.4, -0.2) is 18.4 Å². The van der Waals surface area contributed by atoms with Crippen LogP contribution in [0.15, 0.2) is 47.4 Å². The number of phenols is 1. The molecule has 0 aromatic heterocycles. The van der Waals surface area contributed by atoms with Crippen LogP contribution in [0.5, 0.6) is 5.75 Å². The molecule has 3 rings (SSSR count). The second kappa shape index (κ2) is 4.45. The summed E-state index contributed by atoms with van der Waals surface area (Å²) in [5.74, 6) is 0.0310. The molecule has 21 heavy (non-hydrogen) atoms. The van der Waals surface area contributed by atoms with E-state index in [9.17, 15) is 23.6 Å². The molecule has 108 valence electrons. The Morgan fingerprint density at radius 1 is 1.14 bits per heavy atom. The normalized spacial score (nSPS) is 15.7. The number of hydrogen-bond acceptors (Lipinski definition) is 5. The van der Waals surface area contributed by atoms with Crippen molar-refractivity contribution in [2.75, 3.05) is 4.31 Å². The lowest BCUT2D eigenvalue weighted by Gasteiger charge is -2.16. The second-order valence-corrected chi connectivity index (χ2v) is 6.41. The van der Waals surface area contributed by atoms with E-state index in [-0.39, 0.29) is 22.9 Å². The molecule has 1 heterocycles. The number of anilines is 1. The molecule has 0 atom stereocenters. The van der Waals surface area contributed by atoms with Gasteiger partial charge in [-0.15, -0.1) is 0 Å². The first-order valence-electron chi connectivity index (χ1n) is 5.99. The molecule has 0 bridgehead atoms. The van der Waals surface area contributed by atoms with Gasteiger partial charge in [0.25, 0.3) is 15.7 Å². The smallest absolute Gasteiger partial charge is 0.270 e. The molecule has 1 aliphatic rings.